The Bertz CT molecular complexity index is 711. The first kappa shape index (κ1) is 16.5. The standard InChI is InChI=1S/C18H24N4O2/c1-13(2)11-21-12-19-20-17(21)15-8-6-10-22(15)18(23)14-7-4-5-9-16(14)24-3/h4-5,7,9,12-13,15H,6,8,10-11H2,1-3H3/t15-/m0/s1. The van der Waals surface area contributed by atoms with E-state index in [2.05, 4.69) is 28.6 Å². The van der Waals surface area contributed by atoms with Crippen molar-refractivity contribution in [2.24, 2.45) is 5.92 Å². The van der Waals surface area contributed by atoms with E-state index < -0.39 is 0 Å². The second-order valence-corrected chi connectivity index (χ2v) is 6.59. The molecule has 0 bridgehead atoms. The van der Waals surface area contributed by atoms with Gasteiger partial charge < -0.3 is 14.2 Å². The average Bonchev–Trinajstić information content (AvgIpc) is 3.22. The van der Waals surface area contributed by atoms with Crippen LogP contribution in [-0.2, 0) is 6.54 Å². The quantitative estimate of drug-likeness (QED) is 0.847. The van der Waals surface area contributed by atoms with Gasteiger partial charge in [-0.05, 0) is 30.9 Å². The Morgan fingerprint density at radius 1 is 1.38 bits per heavy atom. The number of carbonyl (C=O) groups is 1. The maximum atomic E-state index is 13.1. The number of methoxy groups -OCH3 is 1. The van der Waals surface area contributed by atoms with Crippen molar-refractivity contribution in [3.63, 3.8) is 0 Å². The highest BCUT2D eigenvalue weighted by Crippen LogP contribution is 2.33. The van der Waals surface area contributed by atoms with Gasteiger partial charge in [0.25, 0.3) is 5.91 Å². The number of aromatic nitrogens is 3. The molecule has 0 spiro atoms. The number of likely N-dealkylation sites (tertiary alicyclic amines) is 1. The Kier molecular flexibility index (Phi) is 4.83. The van der Waals surface area contributed by atoms with Crippen LogP contribution in [0.3, 0.4) is 0 Å². The predicted molar refractivity (Wildman–Crippen MR) is 90.9 cm³/mol. The maximum absolute atomic E-state index is 13.1. The number of nitrogens with zero attached hydrogens (tertiary/aromatic N) is 4. The minimum Gasteiger partial charge on any atom is -0.496 e. The van der Waals surface area contributed by atoms with Crippen molar-refractivity contribution < 1.29 is 9.53 Å². The molecule has 1 aromatic carbocycles. The van der Waals surface area contributed by atoms with E-state index in [9.17, 15) is 4.79 Å². The van der Waals surface area contributed by atoms with E-state index in [1.54, 1.807) is 13.4 Å². The van der Waals surface area contributed by atoms with Gasteiger partial charge in [-0.15, -0.1) is 10.2 Å². The summed E-state index contributed by atoms with van der Waals surface area (Å²) in [6, 6.07) is 7.34. The van der Waals surface area contributed by atoms with Crippen LogP contribution in [0.15, 0.2) is 30.6 Å². The molecule has 0 radical (unpaired) electrons. The van der Waals surface area contributed by atoms with Gasteiger partial charge in [-0.25, -0.2) is 0 Å². The SMILES string of the molecule is COc1ccccc1C(=O)N1CCC[C@H]1c1nncn1CC(C)C. The predicted octanol–water partition coefficient (Wildman–Crippen LogP) is 2.92. The molecule has 0 saturated carbocycles. The number of rotatable bonds is 5. The summed E-state index contributed by atoms with van der Waals surface area (Å²) in [4.78, 5) is 15.0. The molecule has 3 rings (SSSR count). The molecule has 1 amide bonds. The molecular formula is C18H24N4O2. The topological polar surface area (TPSA) is 60.2 Å². The summed E-state index contributed by atoms with van der Waals surface area (Å²) in [6.07, 6.45) is 3.65. The monoisotopic (exact) mass is 328 g/mol. The lowest BCUT2D eigenvalue weighted by Crippen LogP contribution is -2.32. The fourth-order valence-electron chi connectivity index (χ4n) is 3.31. The number of para-hydroxylation sites is 1. The zero-order valence-corrected chi connectivity index (χ0v) is 14.5. The van der Waals surface area contributed by atoms with Crippen molar-refractivity contribution in [1.82, 2.24) is 19.7 Å². The van der Waals surface area contributed by atoms with Crippen LogP contribution >= 0.6 is 0 Å². The van der Waals surface area contributed by atoms with E-state index in [4.69, 9.17) is 4.74 Å². The molecule has 0 unspecified atom stereocenters. The molecule has 1 aromatic heterocycles. The molecule has 1 aliphatic heterocycles. The van der Waals surface area contributed by atoms with Gasteiger partial charge in [-0.2, -0.15) is 0 Å². The van der Waals surface area contributed by atoms with Crippen LogP contribution in [0.1, 0.15) is 48.9 Å². The minimum atomic E-state index is -0.0244. The molecule has 24 heavy (non-hydrogen) atoms. The van der Waals surface area contributed by atoms with Gasteiger partial charge in [0.05, 0.1) is 18.7 Å². The number of ether oxygens (including phenoxy) is 1. The first-order valence-corrected chi connectivity index (χ1v) is 8.43. The summed E-state index contributed by atoms with van der Waals surface area (Å²) in [5.74, 6) is 1.98. The van der Waals surface area contributed by atoms with Gasteiger partial charge in [0, 0.05) is 13.1 Å². The average molecular weight is 328 g/mol. The van der Waals surface area contributed by atoms with Crippen LogP contribution in [0.2, 0.25) is 0 Å². The molecule has 1 atom stereocenters. The van der Waals surface area contributed by atoms with Crippen molar-refractivity contribution in [1.29, 1.82) is 0 Å². The maximum Gasteiger partial charge on any atom is 0.258 e. The van der Waals surface area contributed by atoms with Crippen LogP contribution in [0.4, 0.5) is 0 Å². The van der Waals surface area contributed by atoms with E-state index in [1.165, 1.54) is 0 Å². The van der Waals surface area contributed by atoms with Crippen LogP contribution in [0.25, 0.3) is 0 Å². The van der Waals surface area contributed by atoms with E-state index in [0.29, 0.717) is 17.2 Å². The van der Waals surface area contributed by atoms with Crippen molar-refractivity contribution in [2.45, 2.75) is 39.3 Å². The largest absolute Gasteiger partial charge is 0.496 e. The van der Waals surface area contributed by atoms with Crippen LogP contribution in [-0.4, -0.2) is 39.2 Å². The first-order valence-electron chi connectivity index (χ1n) is 8.43. The summed E-state index contributed by atoms with van der Waals surface area (Å²) < 4.78 is 7.42. The van der Waals surface area contributed by atoms with Crippen molar-refractivity contribution in [2.75, 3.05) is 13.7 Å². The van der Waals surface area contributed by atoms with E-state index in [-0.39, 0.29) is 11.9 Å². The normalized spacial score (nSPS) is 17.5. The first-order chi connectivity index (χ1) is 11.6. The summed E-state index contributed by atoms with van der Waals surface area (Å²) >= 11 is 0. The lowest BCUT2D eigenvalue weighted by molar-refractivity contribution is 0.0723. The molecular weight excluding hydrogens is 304 g/mol. The highest BCUT2D eigenvalue weighted by molar-refractivity contribution is 5.97. The highest BCUT2D eigenvalue weighted by Gasteiger charge is 2.34. The smallest absolute Gasteiger partial charge is 0.258 e. The van der Waals surface area contributed by atoms with Crippen molar-refractivity contribution in [3.8, 4) is 5.75 Å². The number of carbonyl (C=O) groups excluding carboxylic acids is 1. The Morgan fingerprint density at radius 2 is 2.17 bits per heavy atom. The molecule has 2 aromatic rings. The summed E-state index contributed by atoms with van der Waals surface area (Å²) in [5, 5.41) is 8.38. The third-order valence-corrected chi connectivity index (χ3v) is 4.36. The van der Waals surface area contributed by atoms with Gasteiger partial charge in [0.15, 0.2) is 5.82 Å². The Morgan fingerprint density at radius 3 is 2.92 bits per heavy atom. The van der Waals surface area contributed by atoms with Crippen molar-refractivity contribution in [3.05, 3.63) is 42.0 Å². The van der Waals surface area contributed by atoms with Gasteiger partial charge in [-0.1, -0.05) is 26.0 Å². The molecule has 1 fully saturated rings. The molecule has 0 aliphatic carbocycles. The lowest BCUT2D eigenvalue weighted by Gasteiger charge is -2.25. The summed E-state index contributed by atoms with van der Waals surface area (Å²) in [7, 11) is 1.59. The zero-order valence-electron chi connectivity index (χ0n) is 14.5. The molecule has 1 saturated heterocycles. The highest BCUT2D eigenvalue weighted by atomic mass is 16.5. The van der Waals surface area contributed by atoms with Gasteiger partial charge in [0.1, 0.15) is 12.1 Å². The second-order valence-electron chi connectivity index (χ2n) is 6.59. The summed E-state index contributed by atoms with van der Waals surface area (Å²) in [6.45, 7) is 5.91. The van der Waals surface area contributed by atoms with Crippen LogP contribution in [0, 0.1) is 5.92 Å². The van der Waals surface area contributed by atoms with Gasteiger partial charge in [-0.3, -0.25) is 4.79 Å². The summed E-state index contributed by atoms with van der Waals surface area (Å²) in [5.41, 5.74) is 0.599. The lowest BCUT2D eigenvalue weighted by atomic mass is 10.1. The molecule has 6 nitrogen and oxygen atoms in total. The molecule has 1 aliphatic rings. The second kappa shape index (κ2) is 7.03. The Hall–Kier alpha value is -2.37. The zero-order chi connectivity index (χ0) is 17.1. The molecule has 128 valence electrons. The van der Waals surface area contributed by atoms with E-state index >= 15 is 0 Å². The van der Waals surface area contributed by atoms with Gasteiger partial charge >= 0.3 is 0 Å². The van der Waals surface area contributed by atoms with Crippen molar-refractivity contribution >= 4 is 5.91 Å². The molecule has 2 heterocycles. The number of hydrogen-bond donors (Lipinski definition) is 0. The fourth-order valence-corrected chi connectivity index (χ4v) is 3.31. The van der Waals surface area contributed by atoms with Crippen LogP contribution in [0.5, 0.6) is 5.75 Å². The Balaban J connectivity index is 1.88. The minimum absolute atomic E-state index is 0.00551. The Labute approximate surface area is 142 Å². The number of benzene rings is 1. The molecule has 6 heteroatoms. The fraction of sp³-hybridized carbons (Fsp3) is 0.500. The third-order valence-electron chi connectivity index (χ3n) is 4.36. The third kappa shape index (κ3) is 3.13. The van der Waals surface area contributed by atoms with E-state index in [0.717, 1.165) is 31.8 Å². The van der Waals surface area contributed by atoms with E-state index in [1.807, 2.05) is 29.2 Å². The van der Waals surface area contributed by atoms with Crippen LogP contribution < -0.4 is 4.74 Å². The number of amides is 1. The molecule has 0 N–H and O–H groups in total. The van der Waals surface area contributed by atoms with Gasteiger partial charge in [0.2, 0.25) is 0 Å². The number of hydrogen-bond acceptors (Lipinski definition) is 4.